The first-order valence-corrected chi connectivity index (χ1v) is 8.15. The quantitative estimate of drug-likeness (QED) is 0.885. The Kier molecular flexibility index (Phi) is 4.66. The molecule has 5 nitrogen and oxygen atoms in total. The van der Waals surface area contributed by atoms with Gasteiger partial charge in [0.15, 0.2) is 0 Å². The van der Waals surface area contributed by atoms with Crippen LogP contribution in [0.5, 0.6) is 0 Å². The highest BCUT2D eigenvalue weighted by Crippen LogP contribution is 2.41. The van der Waals surface area contributed by atoms with Crippen LogP contribution in [0.3, 0.4) is 0 Å². The Hall–Kier alpha value is -2.21. The van der Waals surface area contributed by atoms with Crippen LogP contribution < -0.4 is 5.32 Å². The molecule has 0 radical (unpaired) electrons. The third-order valence-corrected chi connectivity index (χ3v) is 4.76. The normalized spacial score (nSPS) is 17.1. The Balaban J connectivity index is 1.71. The van der Waals surface area contributed by atoms with Gasteiger partial charge in [-0.25, -0.2) is 9.07 Å². The number of hydrogen-bond acceptors (Lipinski definition) is 3. The van der Waals surface area contributed by atoms with Gasteiger partial charge in [-0.15, -0.1) is 0 Å². The van der Waals surface area contributed by atoms with E-state index in [0.29, 0.717) is 12.3 Å². The number of para-hydroxylation sites is 1. The molecule has 0 spiro atoms. The summed E-state index contributed by atoms with van der Waals surface area (Å²) in [6.07, 6.45) is 6.16. The number of nitrogens with zero attached hydrogens (tertiary/aromatic N) is 2. The topological polar surface area (TPSA) is 56.1 Å². The molecule has 2 aromatic rings. The molecule has 0 aliphatic heterocycles. The van der Waals surface area contributed by atoms with E-state index >= 15 is 0 Å². The summed E-state index contributed by atoms with van der Waals surface area (Å²) in [6.45, 7) is 2.35. The first-order chi connectivity index (χ1) is 11.6. The largest absolute Gasteiger partial charge is 0.384 e. The lowest BCUT2D eigenvalue weighted by Gasteiger charge is -2.40. The maximum Gasteiger partial charge on any atom is 0.229 e. The number of amides is 1. The first kappa shape index (κ1) is 16.6. The maximum atomic E-state index is 13.8. The molecule has 1 N–H and O–H groups in total. The lowest BCUT2D eigenvalue weighted by Crippen LogP contribution is -2.49. The molecule has 0 bridgehead atoms. The Bertz CT molecular complexity index is 725. The van der Waals surface area contributed by atoms with Crippen LogP contribution in [0.1, 0.15) is 37.8 Å². The molecule has 0 unspecified atom stereocenters. The monoisotopic (exact) mass is 331 g/mol. The third-order valence-electron chi connectivity index (χ3n) is 4.76. The Morgan fingerprint density at radius 3 is 2.83 bits per heavy atom. The van der Waals surface area contributed by atoms with Gasteiger partial charge in [0, 0.05) is 18.9 Å². The van der Waals surface area contributed by atoms with Crippen molar-refractivity contribution in [2.24, 2.45) is 5.41 Å². The van der Waals surface area contributed by atoms with Crippen LogP contribution >= 0.6 is 0 Å². The Labute approximate surface area is 140 Å². The molecule has 1 amide bonds. The highest BCUT2D eigenvalue weighted by molar-refractivity contribution is 5.84. The number of hydrogen-bond donors (Lipinski definition) is 1. The zero-order chi connectivity index (χ0) is 17.2. The van der Waals surface area contributed by atoms with Crippen molar-refractivity contribution in [3.05, 3.63) is 48.0 Å². The van der Waals surface area contributed by atoms with Gasteiger partial charge in [-0.2, -0.15) is 5.10 Å². The van der Waals surface area contributed by atoms with Crippen LogP contribution in [0.25, 0.3) is 5.69 Å². The van der Waals surface area contributed by atoms with Gasteiger partial charge in [-0.1, -0.05) is 18.6 Å². The Morgan fingerprint density at radius 2 is 2.21 bits per heavy atom. The molecule has 6 heteroatoms. The van der Waals surface area contributed by atoms with Crippen LogP contribution in [0.4, 0.5) is 4.39 Å². The van der Waals surface area contributed by atoms with E-state index in [9.17, 15) is 9.18 Å². The van der Waals surface area contributed by atoms with E-state index in [2.05, 4.69) is 10.4 Å². The second-order valence-corrected chi connectivity index (χ2v) is 6.43. The molecular formula is C18H22FN3O2. The lowest BCUT2D eigenvalue weighted by atomic mass is 9.68. The molecule has 3 rings (SSSR count). The van der Waals surface area contributed by atoms with E-state index in [1.54, 1.807) is 37.7 Å². The van der Waals surface area contributed by atoms with Crippen molar-refractivity contribution in [3.63, 3.8) is 0 Å². The highest BCUT2D eigenvalue weighted by Gasteiger charge is 2.44. The first-order valence-electron chi connectivity index (χ1n) is 8.15. The number of aromatic nitrogens is 2. The SMILES string of the molecule is COCC1(C(=O)N[C@H](C)c2cnn(-c3ccccc3F)c2)CCC1. The summed E-state index contributed by atoms with van der Waals surface area (Å²) in [5, 5.41) is 7.25. The summed E-state index contributed by atoms with van der Waals surface area (Å²) in [4.78, 5) is 12.6. The lowest BCUT2D eigenvalue weighted by molar-refractivity contribution is -0.141. The summed E-state index contributed by atoms with van der Waals surface area (Å²) < 4.78 is 20.5. The number of benzene rings is 1. The Morgan fingerprint density at radius 1 is 1.46 bits per heavy atom. The van der Waals surface area contributed by atoms with Crippen molar-refractivity contribution in [1.29, 1.82) is 0 Å². The van der Waals surface area contributed by atoms with Crippen LogP contribution in [0.2, 0.25) is 0 Å². The molecule has 128 valence electrons. The van der Waals surface area contributed by atoms with Gasteiger partial charge in [0.1, 0.15) is 11.5 Å². The zero-order valence-corrected chi connectivity index (χ0v) is 14.0. The van der Waals surface area contributed by atoms with Gasteiger partial charge < -0.3 is 10.1 Å². The fourth-order valence-electron chi connectivity index (χ4n) is 3.08. The average molecular weight is 331 g/mol. The zero-order valence-electron chi connectivity index (χ0n) is 14.0. The number of ether oxygens (including phenoxy) is 1. The van der Waals surface area contributed by atoms with Gasteiger partial charge in [0.05, 0.1) is 24.3 Å². The smallest absolute Gasteiger partial charge is 0.229 e. The van der Waals surface area contributed by atoms with Crippen molar-refractivity contribution >= 4 is 5.91 Å². The van der Waals surface area contributed by atoms with Gasteiger partial charge >= 0.3 is 0 Å². The van der Waals surface area contributed by atoms with Gasteiger partial charge in [-0.3, -0.25) is 4.79 Å². The van der Waals surface area contributed by atoms with Gasteiger partial charge in [0.2, 0.25) is 5.91 Å². The highest BCUT2D eigenvalue weighted by atomic mass is 19.1. The van der Waals surface area contributed by atoms with Gasteiger partial charge in [0.25, 0.3) is 0 Å². The number of carbonyl (C=O) groups excluding carboxylic acids is 1. The molecule has 1 aromatic heterocycles. The summed E-state index contributed by atoms with van der Waals surface area (Å²) in [5.74, 6) is -0.320. The van der Waals surface area contributed by atoms with Crippen LogP contribution in [-0.4, -0.2) is 29.4 Å². The van der Waals surface area contributed by atoms with Crippen molar-refractivity contribution < 1.29 is 13.9 Å². The number of nitrogens with one attached hydrogen (secondary N) is 1. The molecule has 1 aliphatic carbocycles. The van der Waals surface area contributed by atoms with E-state index < -0.39 is 5.41 Å². The molecular weight excluding hydrogens is 309 g/mol. The van der Waals surface area contributed by atoms with E-state index in [1.165, 1.54) is 10.7 Å². The molecule has 1 aliphatic rings. The van der Waals surface area contributed by atoms with Crippen LogP contribution in [-0.2, 0) is 9.53 Å². The van der Waals surface area contributed by atoms with E-state index in [-0.39, 0.29) is 17.8 Å². The minimum Gasteiger partial charge on any atom is -0.384 e. The predicted octanol–water partition coefficient (Wildman–Crippen LogP) is 3.01. The molecule has 1 heterocycles. The maximum absolute atomic E-state index is 13.8. The van der Waals surface area contributed by atoms with Crippen molar-refractivity contribution in [2.45, 2.75) is 32.2 Å². The van der Waals surface area contributed by atoms with E-state index in [1.807, 2.05) is 6.92 Å². The number of methoxy groups -OCH3 is 1. The summed E-state index contributed by atoms with van der Waals surface area (Å²) >= 11 is 0. The second-order valence-electron chi connectivity index (χ2n) is 6.43. The molecule has 0 saturated heterocycles. The minimum absolute atomic E-state index is 0.0155. The summed E-state index contributed by atoms with van der Waals surface area (Å²) in [5.41, 5.74) is 0.820. The summed E-state index contributed by atoms with van der Waals surface area (Å²) in [7, 11) is 1.62. The molecule has 1 fully saturated rings. The van der Waals surface area contributed by atoms with Crippen LogP contribution in [0.15, 0.2) is 36.7 Å². The summed E-state index contributed by atoms with van der Waals surface area (Å²) in [6, 6.07) is 6.26. The van der Waals surface area contributed by atoms with Crippen molar-refractivity contribution in [1.82, 2.24) is 15.1 Å². The molecule has 1 saturated carbocycles. The number of halogens is 1. The molecule has 1 aromatic carbocycles. The average Bonchev–Trinajstić information content (AvgIpc) is 3.01. The number of rotatable bonds is 6. The number of carbonyl (C=O) groups is 1. The van der Waals surface area contributed by atoms with E-state index in [0.717, 1.165) is 24.8 Å². The molecule has 24 heavy (non-hydrogen) atoms. The van der Waals surface area contributed by atoms with Crippen molar-refractivity contribution in [3.8, 4) is 5.69 Å². The van der Waals surface area contributed by atoms with Crippen molar-refractivity contribution in [2.75, 3.05) is 13.7 Å². The van der Waals surface area contributed by atoms with Crippen LogP contribution in [0, 0.1) is 11.2 Å². The predicted molar refractivity (Wildman–Crippen MR) is 88.2 cm³/mol. The van der Waals surface area contributed by atoms with Gasteiger partial charge in [-0.05, 0) is 31.9 Å². The molecule has 1 atom stereocenters. The standard InChI is InChI=1S/C18H22FN3O2/c1-13(21-17(23)18(12-24-2)8-5-9-18)14-10-20-22(11-14)16-7-4-3-6-15(16)19/h3-4,6-7,10-11,13H,5,8-9,12H2,1-2H3,(H,21,23)/t13-/m1/s1. The third kappa shape index (κ3) is 3.06. The fraction of sp³-hybridized carbons (Fsp3) is 0.444. The fourth-order valence-corrected chi connectivity index (χ4v) is 3.08. The van der Waals surface area contributed by atoms with E-state index in [4.69, 9.17) is 4.74 Å². The second kappa shape index (κ2) is 6.73. The minimum atomic E-state index is -0.398.